The number of aryl methyl sites for hydroxylation is 1. The molecular weight excluding hydrogens is 384 g/mol. The van der Waals surface area contributed by atoms with E-state index in [2.05, 4.69) is 34.0 Å². The van der Waals surface area contributed by atoms with Crippen molar-refractivity contribution in [1.29, 1.82) is 0 Å². The van der Waals surface area contributed by atoms with Gasteiger partial charge in [-0.1, -0.05) is 37.9 Å². The summed E-state index contributed by atoms with van der Waals surface area (Å²) >= 11 is 6.42. The fraction of sp³-hybridized carbons (Fsp3) is 0.522. The van der Waals surface area contributed by atoms with Crippen LogP contribution in [0.1, 0.15) is 51.5 Å². The zero-order chi connectivity index (χ0) is 20.8. The Bertz CT molecular complexity index is 833. The van der Waals surface area contributed by atoms with E-state index in [0.29, 0.717) is 11.1 Å². The maximum Gasteiger partial charge on any atom is 0.223 e. The maximum atomic E-state index is 12.6. The third-order valence-corrected chi connectivity index (χ3v) is 6.07. The number of carbonyl (C=O) groups excluding carboxylic acids is 1. The Morgan fingerprint density at radius 2 is 2.07 bits per heavy atom. The SMILES string of the molecule is CCC[C@H](CC)NC(=O)C1CCN(c2cc(-c3ncccc3C)c(Cl)cn2)CC1. The lowest BCUT2D eigenvalue weighted by molar-refractivity contribution is -0.126. The lowest BCUT2D eigenvalue weighted by Gasteiger charge is -2.33. The molecule has 0 spiro atoms. The highest BCUT2D eigenvalue weighted by Gasteiger charge is 2.27. The predicted molar refractivity (Wildman–Crippen MR) is 119 cm³/mol. The molecule has 29 heavy (non-hydrogen) atoms. The Kier molecular flexibility index (Phi) is 7.48. The van der Waals surface area contributed by atoms with Crippen molar-refractivity contribution in [3.8, 4) is 11.3 Å². The number of halogens is 1. The minimum Gasteiger partial charge on any atom is -0.357 e. The van der Waals surface area contributed by atoms with Gasteiger partial charge in [0.15, 0.2) is 0 Å². The molecule has 6 heteroatoms. The highest BCUT2D eigenvalue weighted by Crippen LogP contribution is 2.32. The van der Waals surface area contributed by atoms with Crippen LogP contribution in [-0.2, 0) is 4.79 Å². The first-order valence-corrected chi connectivity index (χ1v) is 11.0. The van der Waals surface area contributed by atoms with E-state index in [0.717, 1.165) is 67.8 Å². The zero-order valence-electron chi connectivity index (χ0n) is 17.6. The van der Waals surface area contributed by atoms with Crippen LogP contribution in [0.25, 0.3) is 11.3 Å². The van der Waals surface area contributed by atoms with Crippen LogP contribution in [0.5, 0.6) is 0 Å². The molecule has 0 bridgehead atoms. The molecule has 1 aliphatic heterocycles. The second-order valence-electron chi connectivity index (χ2n) is 7.86. The molecule has 0 saturated carbocycles. The smallest absolute Gasteiger partial charge is 0.223 e. The van der Waals surface area contributed by atoms with Gasteiger partial charge in [-0.05, 0) is 50.3 Å². The van der Waals surface area contributed by atoms with Crippen molar-refractivity contribution < 1.29 is 4.79 Å². The molecule has 3 rings (SSSR count). The van der Waals surface area contributed by atoms with Crippen LogP contribution >= 0.6 is 11.6 Å². The van der Waals surface area contributed by atoms with E-state index in [1.807, 2.05) is 25.1 Å². The number of anilines is 1. The van der Waals surface area contributed by atoms with E-state index in [-0.39, 0.29) is 11.8 Å². The van der Waals surface area contributed by atoms with Gasteiger partial charge in [-0.15, -0.1) is 0 Å². The van der Waals surface area contributed by atoms with Crippen LogP contribution in [0.4, 0.5) is 5.82 Å². The summed E-state index contributed by atoms with van der Waals surface area (Å²) in [6, 6.07) is 6.28. The molecule has 2 aromatic heterocycles. The van der Waals surface area contributed by atoms with Gasteiger partial charge >= 0.3 is 0 Å². The molecule has 1 N–H and O–H groups in total. The number of hydrogen-bond acceptors (Lipinski definition) is 4. The maximum absolute atomic E-state index is 12.6. The number of hydrogen-bond donors (Lipinski definition) is 1. The first-order valence-electron chi connectivity index (χ1n) is 10.7. The van der Waals surface area contributed by atoms with Crippen LogP contribution < -0.4 is 10.2 Å². The van der Waals surface area contributed by atoms with Crippen molar-refractivity contribution >= 4 is 23.3 Å². The third kappa shape index (κ3) is 5.27. The number of carbonyl (C=O) groups is 1. The average Bonchev–Trinajstić information content (AvgIpc) is 2.74. The molecule has 1 fully saturated rings. The van der Waals surface area contributed by atoms with E-state index in [1.54, 1.807) is 12.4 Å². The molecule has 0 radical (unpaired) electrons. The van der Waals surface area contributed by atoms with Crippen LogP contribution in [0.3, 0.4) is 0 Å². The Morgan fingerprint density at radius 1 is 1.31 bits per heavy atom. The average molecular weight is 415 g/mol. The molecule has 2 aromatic rings. The van der Waals surface area contributed by atoms with Gasteiger partial charge in [0, 0.05) is 43.0 Å². The van der Waals surface area contributed by atoms with Crippen molar-refractivity contribution in [2.75, 3.05) is 18.0 Å². The van der Waals surface area contributed by atoms with Crippen LogP contribution in [-0.4, -0.2) is 35.0 Å². The predicted octanol–water partition coefficient (Wildman–Crippen LogP) is 5.02. The molecular formula is C23H31ClN4O. The summed E-state index contributed by atoms with van der Waals surface area (Å²) < 4.78 is 0. The van der Waals surface area contributed by atoms with Gasteiger partial charge in [-0.2, -0.15) is 0 Å². The number of aromatic nitrogens is 2. The minimum absolute atomic E-state index is 0.0851. The normalized spacial score (nSPS) is 15.9. The first-order chi connectivity index (χ1) is 14.0. The van der Waals surface area contributed by atoms with Gasteiger partial charge in [0.05, 0.1) is 10.7 Å². The van der Waals surface area contributed by atoms with Crippen LogP contribution in [0, 0.1) is 12.8 Å². The lowest BCUT2D eigenvalue weighted by atomic mass is 9.95. The highest BCUT2D eigenvalue weighted by molar-refractivity contribution is 6.33. The highest BCUT2D eigenvalue weighted by atomic mass is 35.5. The van der Waals surface area contributed by atoms with E-state index in [9.17, 15) is 4.79 Å². The first kappa shape index (κ1) is 21.6. The molecule has 0 unspecified atom stereocenters. The van der Waals surface area contributed by atoms with Crippen molar-refractivity contribution in [1.82, 2.24) is 15.3 Å². The summed E-state index contributed by atoms with van der Waals surface area (Å²) in [6.45, 7) is 7.96. The monoisotopic (exact) mass is 414 g/mol. The summed E-state index contributed by atoms with van der Waals surface area (Å²) in [5.74, 6) is 1.19. The molecule has 1 saturated heterocycles. The van der Waals surface area contributed by atoms with E-state index in [1.165, 1.54) is 0 Å². The largest absolute Gasteiger partial charge is 0.357 e. The standard InChI is InChI=1S/C23H31ClN4O/c1-4-7-18(5-2)27-23(29)17-9-12-28(13-10-17)21-14-19(20(24)15-26-21)22-16(3)8-6-11-25-22/h6,8,11,14-15,17-18H,4-5,7,9-10,12-13H2,1-3H3,(H,27,29)/t18-/m0/s1. The number of amides is 1. The number of piperidine rings is 1. The molecule has 3 heterocycles. The van der Waals surface area contributed by atoms with Gasteiger partial charge in [0.1, 0.15) is 5.82 Å². The molecule has 1 amide bonds. The molecule has 0 aliphatic carbocycles. The van der Waals surface area contributed by atoms with Gasteiger partial charge in [-0.3, -0.25) is 9.78 Å². The number of pyridine rings is 2. The van der Waals surface area contributed by atoms with Crippen molar-refractivity contribution in [2.24, 2.45) is 5.92 Å². The second-order valence-corrected chi connectivity index (χ2v) is 8.26. The van der Waals surface area contributed by atoms with E-state index < -0.39 is 0 Å². The summed E-state index contributed by atoms with van der Waals surface area (Å²) in [5.41, 5.74) is 2.87. The van der Waals surface area contributed by atoms with Crippen molar-refractivity contribution in [2.45, 2.75) is 58.9 Å². The number of nitrogens with zero attached hydrogens (tertiary/aromatic N) is 3. The lowest BCUT2D eigenvalue weighted by Crippen LogP contribution is -2.44. The van der Waals surface area contributed by atoms with Crippen molar-refractivity contribution in [3.05, 3.63) is 41.2 Å². The summed E-state index contributed by atoms with van der Waals surface area (Å²) in [7, 11) is 0. The fourth-order valence-corrected chi connectivity index (χ4v) is 4.16. The van der Waals surface area contributed by atoms with E-state index >= 15 is 0 Å². The van der Waals surface area contributed by atoms with Crippen molar-refractivity contribution in [3.63, 3.8) is 0 Å². The van der Waals surface area contributed by atoms with E-state index in [4.69, 9.17) is 11.6 Å². The zero-order valence-corrected chi connectivity index (χ0v) is 18.4. The second kappa shape index (κ2) is 10.1. The summed E-state index contributed by atoms with van der Waals surface area (Å²) in [6.07, 6.45) is 8.31. The topological polar surface area (TPSA) is 58.1 Å². The molecule has 1 atom stereocenters. The molecule has 1 aliphatic rings. The Balaban J connectivity index is 1.66. The van der Waals surface area contributed by atoms with Gasteiger partial charge in [0.25, 0.3) is 0 Å². The summed E-state index contributed by atoms with van der Waals surface area (Å²) in [4.78, 5) is 23.9. The molecule has 0 aromatic carbocycles. The Labute approximate surface area is 178 Å². The fourth-order valence-electron chi connectivity index (χ4n) is 3.97. The Hall–Kier alpha value is -2.14. The van der Waals surface area contributed by atoms with Crippen LogP contribution in [0.2, 0.25) is 5.02 Å². The quantitative estimate of drug-likeness (QED) is 0.691. The molecule has 5 nitrogen and oxygen atoms in total. The van der Waals surface area contributed by atoms with Crippen LogP contribution in [0.15, 0.2) is 30.6 Å². The third-order valence-electron chi connectivity index (χ3n) is 5.77. The van der Waals surface area contributed by atoms with Gasteiger partial charge < -0.3 is 10.2 Å². The van der Waals surface area contributed by atoms with Gasteiger partial charge in [-0.25, -0.2) is 4.98 Å². The Morgan fingerprint density at radius 3 is 2.72 bits per heavy atom. The summed E-state index contributed by atoms with van der Waals surface area (Å²) in [5, 5.41) is 3.84. The molecule has 156 valence electrons. The minimum atomic E-state index is 0.0851. The number of rotatable bonds is 7. The van der Waals surface area contributed by atoms with Gasteiger partial charge in [0.2, 0.25) is 5.91 Å². The number of nitrogens with one attached hydrogen (secondary N) is 1.